The van der Waals surface area contributed by atoms with Crippen LogP contribution in [-0.4, -0.2) is 27.5 Å². The average molecular weight is 233 g/mol. The summed E-state index contributed by atoms with van der Waals surface area (Å²) in [5.41, 5.74) is 2.81. The summed E-state index contributed by atoms with van der Waals surface area (Å²) in [5.74, 6) is 0. The molecule has 16 heavy (non-hydrogen) atoms. The van der Waals surface area contributed by atoms with Crippen molar-refractivity contribution in [2.45, 2.75) is 6.54 Å². The number of hydrogen-bond acceptors (Lipinski definition) is 3. The van der Waals surface area contributed by atoms with Crippen molar-refractivity contribution in [1.82, 2.24) is 14.8 Å². The first-order chi connectivity index (χ1) is 7.84. The standard InChI is InChI=1S/C11H9ClN4/c12-11-3-1-2-9(15-11)8-6-14-16-5-4-13-7-10(8)16/h1-3,6-7H,4-5H2. The third-order valence-electron chi connectivity index (χ3n) is 2.53. The van der Waals surface area contributed by atoms with Gasteiger partial charge in [0.25, 0.3) is 0 Å². The van der Waals surface area contributed by atoms with Gasteiger partial charge in [-0.25, -0.2) is 4.98 Å². The van der Waals surface area contributed by atoms with E-state index in [1.165, 1.54) is 0 Å². The highest BCUT2D eigenvalue weighted by Crippen LogP contribution is 2.22. The topological polar surface area (TPSA) is 43.1 Å². The lowest BCUT2D eigenvalue weighted by molar-refractivity contribution is 0.611. The first-order valence-electron chi connectivity index (χ1n) is 5.03. The molecule has 0 N–H and O–H groups in total. The van der Waals surface area contributed by atoms with Crippen molar-refractivity contribution < 1.29 is 0 Å². The van der Waals surface area contributed by atoms with Crippen LogP contribution in [0.4, 0.5) is 0 Å². The molecule has 0 saturated carbocycles. The van der Waals surface area contributed by atoms with Crippen molar-refractivity contribution in [1.29, 1.82) is 0 Å². The molecule has 0 atom stereocenters. The van der Waals surface area contributed by atoms with E-state index in [4.69, 9.17) is 11.6 Å². The zero-order chi connectivity index (χ0) is 11.0. The summed E-state index contributed by atoms with van der Waals surface area (Å²) in [5, 5.41) is 4.80. The number of nitrogens with zero attached hydrogens (tertiary/aromatic N) is 4. The van der Waals surface area contributed by atoms with E-state index >= 15 is 0 Å². The Hall–Kier alpha value is -1.68. The molecule has 5 heteroatoms. The van der Waals surface area contributed by atoms with Crippen LogP contribution in [0.25, 0.3) is 11.3 Å². The van der Waals surface area contributed by atoms with Crippen molar-refractivity contribution in [3.63, 3.8) is 0 Å². The van der Waals surface area contributed by atoms with Crippen molar-refractivity contribution in [2.75, 3.05) is 6.54 Å². The summed E-state index contributed by atoms with van der Waals surface area (Å²) < 4.78 is 1.94. The predicted molar refractivity (Wildman–Crippen MR) is 62.9 cm³/mol. The number of fused-ring (bicyclic) bond motifs is 1. The molecule has 1 aliphatic rings. The van der Waals surface area contributed by atoms with E-state index in [0.717, 1.165) is 30.0 Å². The highest BCUT2D eigenvalue weighted by molar-refractivity contribution is 6.29. The summed E-state index contributed by atoms with van der Waals surface area (Å²) in [6.07, 6.45) is 3.65. The lowest BCUT2D eigenvalue weighted by atomic mass is 10.1. The number of rotatable bonds is 1. The Labute approximate surface area is 97.6 Å². The Bertz CT molecular complexity index is 559. The van der Waals surface area contributed by atoms with Crippen molar-refractivity contribution in [2.24, 2.45) is 4.99 Å². The Morgan fingerprint density at radius 2 is 2.25 bits per heavy atom. The van der Waals surface area contributed by atoms with Crippen LogP contribution < -0.4 is 0 Å². The largest absolute Gasteiger partial charge is 0.289 e. The minimum atomic E-state index is 0.491. The van der Waals surface area contributed by atoms with Crippen LogP contribution >= 0.6 is 11.6 Å². The fourth-order valence-electron chi connectivity index (χ4n) is 1.77. The van der Waals surface area contributed by atoms with Gasteiger partial charge in [-0.05, 0) is 12.1 Å². The van der Waals surface area contributed by atoms with Crippen molar-refractivity contribution >= 4 is 17.8 Å². The number of pyridine rings is 1. The van der Waals surface area contributed by atoms with E-state index in [1.54, 1.807) is 6.07 Å². The minimum absolute atomic E-state index is 0.491. The molecule has 0 radical (unpaired) electrons. The Morgan fingerprint density at radius 1 is 1.31 bits per heavy atom. The van der Waals surface area contributed by atoms with E-state index in [0.29, 0.717) is 5.15 Å². The van der Waals surface area contributed by atoms with Gasteiger partial charge in [-0.1, -0.05) is 17.7 Å². The van der Waals surface area contributed by atoms with Gasteiger partial charge in [0.15, 0.2) is 0 Å². The third kappa shape index (κ3) is 1.51. The third-order valence-corrected chi connectivity index (χ3v) is 2.74. The minimum Gasteiger partial charge on any atom is -0.289 e. The molecule has 3 heterocycles. The molecule has 0 aliphatic carbocycles. The van der Waals surface area contributed by atoms with E-state index in [1.807, 2.05) is 29.2 Å². The van der Waals surface area contributed by atoms with E-state index < -0.39 is 0 Å². The predicted octanol–water partition coefficient (Wildman–Crippen LogP) is 2.03. The van der Waals surface area contributed by atoms with Crippen molar-refractivity contribution in [3.05, 3.63) is 35.2 Å². The monoisotopic (exact) mass is 232 g/mol. The molecule has 2 aromatic heterocycles. The van der Waals surface area contributed by atoms with Crippen LogP contribution in [0.3, 0.4) is 0 Å². The molecular formula is C11H9ClN4. The van der Waals surface area contributed by atoms with Crippen LogP contribution in [0.5, 0.6) is 0 Å². The van der Waals surface area contributed by atoms with Gasteiger partial charge >= 0.3 is 0 Å². The Balaban J connectivity index is 2.14. The summed E-state index contributed by atoms with van der Waals surface area (Å²) in [7, 11) is 0. The van der Waals surface area contributed by atoms with Gasteiger partial charge in [-0.2, -0.15) is 5.10 Å². The number of aliphatic imine (C=N–C) groups is 1. The SMILES string of the molecule is Clc1cccc(-c2cnn3c2C=NCC3)n1. The lowest BCUT2D eigenvalue weighted by Gasteiger charge is -2.08. The van der Waals surface area contributed by atoms with Crippen LogP contribution in [0.2, 0.25) is 5.15 Å². The van der Waals surface area contributed by atoms with Gasteiger partial charge < -0.3 is 0 Å². The van der Waals surface area contributed by atoms with Gasteiger partial charge in [-0.15, -0.1) is 0 Å². The molecule has 0 amide bonds. The quantitative estimate of drug-likeness (QED) is 0.706. The molecule has 80 valence electrons. The highest BCUT2D eigenvalue weighted by Gasteiger charge is 2.14. The second-order valence-electron chi connectivity index (χ2n) is 3.55. The second-order valence-corrected chi connectivity index (χ2v) is 3.93. The molecule has 0 saturated heterocycles. The maximum atomic E-state index is 5.87. The molecule has 0 bridgehead atoms. The molecular weight excluding hydrogens is 224 g/mol. The fraction of sp³-hybridized carbons (Fsp3) is 0.182. The first kappa shape index (κ1) is 9.54. The maximum absolute atomic E-state index is 5.87. The maximum Gasteiger partial charge on any atom is 0.129 e. The number of hydrogen-bond donors (Lipinski definition) is 0. The van der Waals surface area contributed by atoms with Crippen molar-refractivity contribution in [3.8, 4) is 11.3 Å². The number of halogens is 1. The van der Waals surface area contributed by atoms with Crippen LogP contribution in [0.1, 0.15) is 5.69 Å². The van der Waals surface area contributed by atoms with Gasteiger partial charge in [-0.3, -0.25) is 9.67 Å². The highest BCUT2D eigenvalue weighted by atomic mass is 35.5. The number of aromatic nitrogens is 3. The fourth-order valence-corrected chi connectivity index (χ4v) is 1.93. The van der Waals surface area contributed by atoms with Gasteiger partial charge in [0, 0.05) is 11.8 Å². The van der Waals surface area contributed by atoms with Gasteiger partial charge in [0.1, 0.15) is 5.15 Å². The molecule has 1 aliphatic heterocycles. The Kier molecular flexibility index (Phi) is 2.22. The first-order valence-corrected chi connectivity index (χ1v) is 5.41. The molecule has 2 aromatic rings. The van der Waals surface area contributed by atoms with Crippen LogP contribution in [0.15, 0.2) is 29.4 Å². The van der Waals surface area contributed by atoms with E-state index in [9.17, 15) is 0 Å². The average Bonchev–Trinajstić information content (AvgIpc) is 2.72. The van der Waals surface area contributed by atoms with E-state index in [2.05, 4.69) is 15.1 Å². The molecule has 0 unspecified atom stereocenters. The van der Waals surface area contributed by atoms with E-state index in [-0.39, 0.29) is 0 Å². The Morgan fingerprint density at radius 3 is 3.12 bits per heavy atom. The zero-order valence-electron chi connectivity index (χ0n) is 8.47. The normalized spacial score (nSPS) is 13.8. The van der Waals surface area contributed by atoms with Gasteiger partial charge in [0.2, 0.25) is 0 Å². The van der Waals surface area contributed by atoms with Crippen LogP contribution in [-0.2, 0) is 6.54 Å². The molecule has 0 fully saturated rings. The molecule has 4 nitrogen and oxygen atoms in total. The second kappa shape index (κ2) is 3.72. The van der Waals surface area contributed by atoms with Crippen LogP contribution in [0, 0.1) is 0 Å². The lowest BCUT2D eigenvalue weighted by Crippen LogP contribution is -2.12. The summed E-state index contributed by atoms with van der Waals surface area (Å²) in [6, 6.07) is 5.57. The summed E-state index contributed by atoms with van der Waals surface area (Å²) in [6.45, 7) is 1.61. The molecule has 0 spiro atoms. The smallest absolute Gasteiger partial charge is 0.129 e. The summed E-state index contributed by atoms with van der Waals surface area (Å²) in [4.78, 5) is 8.53. The molecule has 3 rings (SSSR count). The molecule has 0 aromatic carbocycles. The summed E-state index contributed by atoms with van der Waals surface area (Å²) >= 11 is 5.87. The zero-order valence-corrected chi connectivity index (χ0v) is 9.22. The van der Waals surface area contributed by atoms with Gasteiger partial charge in [0.05, 0.1) is 30.7 Å².